The van der Waals surface area contributed by atoms with E-state index in [1.807, 2.05) is 0 Å². The fourth-order valence-electron chi connectivity index (χ4n) is 2.26. The van der Waals surface area contributed by atoms with Gasteiger partial charge in [-0.15, -0.1) is 0 Å². The van der Waals surface area contributed by atoms with Gasteiger partial charge in [-0.25, -0.2) is 0 Å². The molecule has 1 aliphatic rings. The van der Waals surface area contributed by atoms with Gasteiger partial charge in [0.2, 0.25) is 0 Å². The minimum atomic E-state index is -4.35. The molecule has 0 unspecified atom stereocenters. The predicted molar refractivity (Wildman–Crippen MR) is 69.0 cm³/mol. The van der Waals surface area contributed by atoms with E-state index >= 15 is 0 Å². The lowest BCUT2D eigenvalue weighted by Crippen LogP contribution is -2.10. The van der Waals surface area contributed by atoms with Crippen LogP contribution >= 0.6 is 0 Å². The Balaban J connectivity index is 2.23. The van der Waals surface area contributed by atoms with E-state index in [1.165, 1.54) is 6.07 Å². The molecule has 0 heterocycles. The van der Waals surface area contributed by atoms with E-state index in [0.717, 1.165) is 23.3 Å². The summed E-state index contributed by atoms with van der Waals surface area (Å²) in [6, 6.07) is 3.75. The summed E-state index contributed by atoms with van der Waals surface area (Å²) in [6.45, 7) is 2.03. The van der Waals surface area contributed by atoms with Crippen LogP contribution in [0.1, 0.15) is 36.5 Å². The molecule has 0 amide bonds. The van der Waals surface area contributed by atoms with Gasteiger partial charge in [0.15, 0.2) is 0 Å². The Morgan fingerprint density at radius 2 is 2.05 bits per heavy atom. The third kappa shape index (κ3) is 3.40. The molecule has 20 heavy (non-hydrogen) atoms. The number of ether oxygens (including phenoxy) is 1. The van der Waals surface area contributed by atoms with Crippen molar-refractivity contribution in [2.24, 2.45) is 0 Å². The molecule has 2 rings (SSSR count). The van der Waals surface area contributed by atoms with Gasteiger partial charge in [0.05, 0.1) is 18.6 Å². The fourth-order valence-corrected chi connectivity index (χ4v) is 2.26. The fraction of sp³-hybridized carbons (Fsp3) is 0.400. The summed E-state index contributed by atoms with van der Waals surface area (Å²) in [5.74, 6) is -0.339. The first kappa shape index (κ1) is 14.6. The highest BCUT2D eigenvalue weighted by atomic mass is 19.4. The third-order valence-corrected chi connectivity index (χ3v) is 3.23. The Labute approximate surface area is 115 Å². The lowest BCUT2D eigenvalue weighted by atomic mass is 9.89. The Hall–Kier alpha value is -1.78. The molecule has 108 valence electrons. The Morgan fingerprint density at radius 1 is 1.30 bits per heavy atom. The number of hydrogen-bond acceptors (Lipinski definition) is 2. The van der Waals surface area contributed by atoms with Crippen molar-refractivity contribution in [2.75, 3.05) is 6.61 Å². The molecule has 1 aromatic carbocycles. The first-order valence-electron chi connectivity index (χ1n) is 6.45. The van der Waals surface area contributed by atoms with Crippen molar-refractivity contribution in [3.8, 4) is 0 Å². The quantitative estimate of drug-likeness (QED) is 0.784. The van der Waals surface area contributed by atoms with E-state index in [9.17, 15) is 18.0 Å². The zero-order chi connectivity index (χ0) is 14.8. The number of halogens is 3. The van der Waals surface area contributed by atoms with Crippen molar-refractivity contribution in [3.63, 3.8) is 0 Å². The summed E-state index contributed by atoms with van der Waals surface area (Å²) in [7, 11) is 0. The summed E-state index contributed by atoms with van der Waals surface area (Å²) in [4.78, 5) is 11.4. The lowest BCUT2D eigenvalue weighted by Gasteiger charge is -2.18. The molecule has 0 spiro atoms. The highest BCUT2D eigenvalue weighted by Gasteiger charge is 2.31. The number of alkyl halides is 3. The molecule has 0 N–H and O–H groups in total. The van der Waals surface area contributed by atoms with E-state index < -0.39 is 11.7 Å². The zero-order valence-electron chi connectivity index (χ0n) is 11.1. The number of carbonyl (C=O) groups is 1. The van der Waals surface area contributed by atoms with E-state index in [0.29, 0.717) is 25.0 Å². The van der Waals surface area contributed by atoms with Crippen LogP contribution in [-0.4, -0.2) is 12.6 Å². The zero-order valence-corrected chi connectivity index (χ0v) is 11.1. The van der Waals surface area contributed by atoms with E-state index in [-0.39, 0.29) is 12.4 Å². The number of fused-ring (bicyclic) bond motifs is 1. The van der Waals surface area contributed by atoms with Crippen LogP contribution in [0.3, 0.4) is 0 Å². The number of rotatable bonds is 3. The van der Waals surface area contributed by atoms with Crippen LogP contribution < -0.4 is 0 Å². The first-order chi connectivity index (χ1) is 9.40. The van der Waals surface area contributed by atoms with Gasteiger partial charge in [-0.2, -0.15) is 13.2 Å². The molecule has 0 aromatic heterocycles. The second-order valence-corrected chi connectivity index (χ2v) is 4.70. The predicted octanol–water partition coefficient (Wildman–Crippen LogP) is 3.99. The molecule has 0 aliphatic heterocycles. The van der Waals surface area contributed by atoms with Crippen LogP contribution in [0.2, 0.25) is 0 Å². The Kier molecular flexibility index (Phi) is 4.16. The summed E-state index contributed by atoms with van der Waals surface area (Å²) in [5.41, 5.74) is 1.58. The molecule has 0 bridgehead atoms. The van der Waals surface area contributed by atoms with Crippen molar-refractivity contribution in [2.45, 2.75) is 32.4 Å². The van der Waals surface area contributed by atoms with Gasteiger partial charge in [0.1, 0.15) is 0 Å². The van der Waals surface area contributed by atoms with Gasteiger partial charge >= 0.3 is 12.1 Å². The van der Waals surface area contributed by atoms with Gasteiger partial charge in [0.25, 0.3) is 0 Å². The second kappa shape index (κ2) is 5.69. The van der Waals surface area contributed by atoms with Crippen LogP contribution in [0.15, 0.2) is 23.8 Å². The molecule has 2 nitrogen and oxygen atoms in total. The monoisotopic (exact) mass is 284 g/mol. The molecule has 0 fully saturated rings. The summed E-state index contributed by atoms with van der Waals surface area (Å²) in [6.07, 6.45) is -1.20. The maximum absolute atomic E-state index is 12.7. The van der Waals surface area contributed by atoms with Crippen molar-refractivity contribution in [1.29, 1.82) is 0 Å². The average Bonchev–Trinajstić information content (AvgIpc) is 2.37. The molecule has 5 heteroatoms. The molecule has 1 aliphatic carbocycles. The van der Waals surface area contributed by atoms with Gasteiger partial charge in [-0.3, -0.25) is 4.79 Å². The highest BCUT2D eigenvalue weighted by molar-refractivity contribution is 5.75. The van der Waals surface area contributed by atoms with Crippen LogP contribution in [0.5, 0.6) is 0 Å². The van der Waals surface area contributed by atoms with Crippen molar-refractivity contribution in [1.82, 2.24) is 0 Å². The molecular formula is C15H15F3O2. The SMILES string of the molecule is CCOC(=O)CC1=Cc2cc(C(F)(F)F)ccc2CC1. The standard InChI is InChI=1S/C15H15F3O2/c1-2-20-14(19)8-10-3-4-11-5-6-13(15(16,17)18)9-12(11)7-10/h5-7,9H,2-4,8H2,1H3. The maximum atomic E-state index is 12.7. The topological polar surface area (TPSA) is 26.3 Å². The molecule has 0 radical (unpaired) electrons. The maximum Gasteiger partial charge on any atom is 0.416 e. The van der Waals surface area contributed by atoms with Crippen LogP contribution in [-0.2, 0) is 22.1 Å². The Morgan fingerprint density at radius 3 is 2.70 bits per heavy atom. The normalized spacial score (nSPS) is 14.5. The molecule has 0 saturated carbocycles. The number of esters is 1. The van der Waals surface area contributed by atoms with Crippen LogP contribution in [0.4, 0.5) is 13.2 Å². The average molecular weight is 284 g/mol. The van der Waals surface area contributed by atoms with Gasteiger partial charge in [0, 0.05) is 0 Å². The third-order valence-electron chi connectivity index (χ3n) is 3.23. The number of aryl methyl sites for hydroxylation is 1. The highest BCUT2D eigenvalue weighted by Crippen LogP contribution is 2.33. The molecule has 1 aromatic rings. The largest absolute Gasteiger partial charge is 0.466 e. The summed E-state index contributed by atoms with van der Waals surface area (Å²) in [5, 5.41) is 0. The van der Waals surface area contributed by atoms with Gasteiger partial charge in [-0.05, 0) is 43.0 Å². The number of benzene rings is 1. The lowest BCUT2D eigenvalue weighted by molar-refractivity contribution is -0.142. The smallest absolute Gasteiger partial charge is 0.416 e. The van der Waals surface area contributed by atoms with Gasteiger partial charge in [-0.1, -0.05) is 17.7 Å². The molecular weight excluding hydrogens is 269 g/mol. The van der Waals surface area contributed by atoms with Crippen molar-refractivity contribution < 1.29 is 22.7 Å². The molecule has 0 atom stereocenters. The minimum Gasteiger partial charge on any atom is -0.466 e. The van der Waals surface area contributed by atoms with Crippen LogP contribution in [0, 0.1) is 0 Å². The minimum absolute atomic E-state index is 0.142. The number of hydrogen-bond donors (Lipinski definition) is 0. The van der Waals surface area contributed by atoms with Crippen molar-refractivity contribution in [3.05, 3.63) is 40.5 Å². The second-order valence-electron chi connectivity index (χ2n) is 4.70. The first-order valence-corrected chi connectivity index (χ1v) is 6.45. The van der Waals surface area contributed by atoms with E-state index in [4.69, 9.17) is 4.74 Å². The Bertz CT molecular complexity index is 545. The molecule has 0 saturated heterocycles. The summed E-state index contributed by atoms with van der Waals surface area (Å²) < 4.78 is 42.9. The van der Waals surface area contributed by atoms with Gasteiger partial charge < -0.3 is 4.74 Å². The summed E-state index contributed by atoms with van der Waals surface area (Å²) >= 11 is 0. The van der Waals surface area contributed by atoms with Crippen LogP contribution in [0.25, 0.3) is 6.08 Å². The number of carbonyl (C=O) groups excluding carboxylic acids is 1. The van der Waals surface area contributed by atoms with Crippen molar-refractivity contribution >= 4 is 12.0 Å². The van der Waals surface area contributed by atoms with E-state index in [1.54, 1.807) is 13.0 Å². The van der Waals surface area contributed by atoms with E-state index in [2.05, 4.69) is 0 Å².